The summed E-state index contributed by atoms with van der Waals surface area (Å²) in [5.41, 5.74) is 0.491. The molecule has 1 aliphatic rings. The zero-order chi connectivity index (χ0) is 12.3. The molecule has 0 radical (unpaired) electrons. The van der Waals surface area contributed by atoms with Crippen molar-refractivity contribution in [1.82, 2.24) is 5.32 Å². The topological polar surface area (TPSA) is 44.6 Å². The fourth-order valence-electron chi connectivity index (χ4n) is 2.15. The van der Waals surface area contributed by atoms with E-state index in [2.05, 4.69) is 10.5 Å². The predicted molar refractivity (Wildman–Crippen MR) is 67.5 cm³/mol. The van der Waals surface area contributed by atoms with Gasteiger partial charge in [-0.2, -0.15) is 0 Å². The number of nitrogens with one attached hydrogen (secondary N) is 1. The quantitative estimate of drug-likeness (QED) is 0.495. The van der Waals surface area contributed by atoms with Gasteiger partial charge in [0.1, 0.15) is 11.6 Å². The first-order chi connectivity index (χ1) is 8.22. The van der Waals surface area contributed by atoms with Crippen LogP contribution in [0.15, 0.2) is 23.4 Å². The minimum Gasteiger partial charge on any atom is -0.411 e. The predicted octanol–water partition coefficient (Wildman–Crippen LogP) is 2.56. The summed E-state index contributed by atoms with van der Waals surface area (Å²) in [5, 5.41) is 15.4. The molecular weight excluding hydrogens is 262 g/mol. The van der Waals surface area contributed by atoms with Crippen molar-refractivity contribution in [3.63, 3.8) is 0 Å². The Morgan fingerprint density at radius 1 is 1.28 bits per heavy atom. The van der Waals surface area contributed by atoms with Crippen LogP contribution < -0.4 is 5.32 Å². The van der Waals surface area contributed by atoms with Crippen LogP contribution >= 0.6 is 12.4 Å². The van der Waals surface area contributed by atoms with Crippen LogP contribution in [-0.4, -0.2) is 24.0 Å². The van der Waals surface area contributed by atoms with Crippen LogP contribution in [0.25, 0.3) is 0 Å². The normalized spacial score (nSPS) is 17.3. The van der Waals surface area contributed by atoms with Crippen LogP contribution in [0.2, 0.25) is 0 Å². The maximum absolute atomic E-state index is 13.6. The molecule has 0 saturated carbocycles. The monoisotopic (exact) mass is 276 g/mol. The maximum Gasteiger partial charge on any atom is 0.135 e. The Balaban J connectivity index is 0.00000162. The molecule has 6 heteroatoms. The van der Waals surface area contributed by atoms with Crippen molar-refractivity contribution >= 4 is 18.1 Å². The van der Waals surface area contributed by atoms with Crippen LogP contribution in [0.5, 0.6) is 0 Å². The molecule has 3 nitrogen and oxygen atoms in total. The summed E-state index contributed by atoms with van der Waals surface area (Å²) >= 11 is 0. The number of rotatable bonds is 2. The summed E-state index contributed by atoms with van der Waals surface area (Å²) in [6, 6.07) is 3.30. The van der Waals surface area contributed by atoms with E-state index in [-0.39, 0.29) is 23.9 Å². The second-order valence-electron chi connectivity index (χ2n) is 4.13. The van der Waals surface area contributed by atoms with Crippen molar-refractivity contribution in [3.8, 4) is 0 Å². The minimum atomic E-state index is -0.684. The molecule has 0 spiro atoms. The molecule has 1 aromatic rings. The Morgan fingerprint density at radius 3 is 2.50 bits per heavy atom. The molecule has 100 valence electrons. The third kappa shape index (κ3) is 3.17. The number of hydrogen-bond donors (Lipinski definition) is 2. The van der Waals surface area contributed by atoms with Gasteiger partial charge in [-0.15, -0.1) is 12.4 Å². The number of halogens is 3. The second-order valence-corrected chi connectivity index (χ2v) is 4.13. The van der Waals surface area contributed by atoms with Crippen LogP contribution in [0, 0.1) is 17.6 Å². The van der Waals surface area contributed by atoms with E-state index in [4.69, 9.17) is 5.21 Å². The molecule has 1 fully saturated rings. The van der Waals surface area contributed by atoms with Crippen molar-refractivity contribution in [2.75, 3.05) is 13.1 Å². The van der Waals surface area contributed by atoms with Crippen molar-refractivity contribution in [2.45, 2.75) is 12.8 Å². The third-order valence-corrected chi connectivity index (χ3v) is 3.04. The van der Waals surface area contributed by atoms with Crippen molar-refractivity contribution in [2.24, 2.45) is 11.1 Å². The molecule has 1 aromatic carbocycles. The van der Waals surface area contributed by atoms with Gasteiger partial charge in [0.25, 0.3) is 0 Å². The molecular formula is C12H15ClF2N2O. The van der Waals surface area contributed by atoms with Gasteiger partial charge in [0, 0.05) is 17.5 Å². The average molecular weight is 277 g/mol. The minimum absolute atomic E-state index is 0. The van der Waals surface area contributed by atoms with Crippen molar-refractivity contribution in [1.29, 1.82) is 0 Å². The van der Waals surface area contributed by atoms with E-state index in [9.17, 15) is 8.78 Å². The fraction of sp³-hybridized carbons (Fsp3) is 0.417. The summed E-state index contributed by atoms with van der Waals surface area (Å²) in [7, 11) is 0. The Bertz CT molecular complexity index is 434. The lowest BCUT2D eigenvalue weighted by molar-refractivity contribution is 0.311. The van der Waals surface area contributed by atoms with E-state index in [1.165, 1.54) is 12.1 Å². The lowest BCUT2D eigenvalue weighted by atomic mass is 9.88. The zero-order valence-electron chi connectivity index (χ0n) is 9.70. The van der Waals surface area contributed by atoms with Crippen LogP contribution in [0.1, 0.15) is 18.4 Å². The summed E-state index contributed by atoms with van der Waals surface area (Å²) < 4.78 is 26.4. The highest BCUT2D eigenvalue weighted by Gasteiger charge is 2.23. The van der Waals surface area contributed by atoms with Gasteiger partial charge in [-0.3, -0.25) is 0 Å². The summed E-state index contributed by atoms with van der Waals surface area (Å²) in [5.74, 6) is -1.30. The molecule has 0 aromatic heterocycles. The molecule has 1 aliphatic heterocycles. The van der Waals surface area contributed by atoms with Gasteiger partial charge in [0.05, 0.1) is 5.71 Å². The van der Waals surface area contributed by atoms with Crippen LogP contribution in [-0.2, 0) is 0 Å². The highest BCUT2D eigenvalue weighted by molar-refractivity contribution is 6.02. The molecule has 2 N–H and O–H groups in total. The largest absolute Gasteiger partial charge is 0.411 e. The molecule has 0 bridgehead atoms. The van der Waals surface area contributed by atoms with Gasteiger partial charge in [-0.25, -0.2) is 8.78 Å². The van der Waals surface area contributed by atoms with Crippen LogP contribution in [0.3, 0.4) is 0 Å². The standard InChI is InChI=1S/C12H14F2N2O.ClH/c13-9-1-2-10(11(14)7-9)12(16-17)8-3-5-15-6-4-8;/h1-2,7-8,15,17H,3-6H2;1H/b16-12-;. The highest BCUT2D eigenvalue weighted by atomic mass is 35.5. The molecule has 0 unspecified atom stereocenters. The number of nitrogens with zero attached hydrogens (tertiary/aromatic N) is 1. The zero-order valence-corrected chi connectivity index (χ0v) is 10.5. The lowest BCUT2D eigenvalue weighted by Crippen LogP contribution is -2.32. The Hall–Kier alpha value is -1.20. The van der Waals surface area contributed by atoms with E-state index in [1.54, 1.807) is 0 Å². The molecule has 0 atom stereocenters. The number of piperidine rings is 1. The average Bonchev–Trinajstić information content (AvgIpc) is 2.34. The lowest BCUT2D eigenvalue weighted by Gasteiger charge is -2.23. The Labute approximate surface area is 110 Å². The molecule has 1 saturated heterocycles. The molecule has 0 amide bonds. The summed E-state index contributed by atoms with van der Waals surface area (Å²) in [6.45, 7) is 1.62. The van der Waals surface area contributed by atoms with E-state index >= 15 is 0 Å². The first-order valence-electron chi connectivity index (χ1n) is 5.60. The van der Waals surface area contributed by atoms with E-state index < -0.39 is 11.6 Å². The first kappa shape index (κ1) is 14.9. The Kier molecular flexibility index (Phi) is 5.50. The van der Waals surface area contributed by atoms with Crippen molar-refractivity contribution in [3.05, 3.63) is 35.4 Å². The molecule has 2 rings (SSSR count). The summed E-state index contributed by atoms with van der Waals surface area (Å²) in [4.78, 5) is 0. The Morgan fingerprint density at radius 2 is 1.94 bits per heavy atom. The van der Waals surface area contributed by atoms with E-state index in [0.717, 1.165) is 32.0 Å². The number of hydrogen-bond acceptors (Lipinski definition) is 3. The van der Waals surface area contributed by atoms with Gasteiger partial charge in [-0.05, 0) is 38.1 Å². The van der Waals surface area contributed by atoms with Gasteiger partial charge in [0.2, 0.25) is 0 Å². The summed E-state index contributed by atoms with van der Waals surface area (Å²) in [6.07, 6.45) is 1.58. The van der Waals surface area contributed by atoms with Gasteiger partial charge in [-0.1, -0.05) is 5.16 Å². The smallest absolute Gasteiger partial charge is 0.135 e. The molecule has 0 aliphatic carbocycles. The number of oxime groups is 1. The molecule has 1 heterocycles. The van der Waals surface area contributed by atoms with Crippen LogP contribution in [0.4, 0.5) is 8.78 Å². The first-order valence-corrected chi connectivity index (χ1v) is 5.60. The highest BCUT2D eigenvalue weighted by Crippen LogP contribution is 2.21. The maximum atomic E-state index is 13.6. The second kappa shape index (κ2) is 6.66. The number of benzene rings is 1. The third-order valence-electron chi connectivity index (χ3n) is 3.04. The SMILES string of the molecule is Cl.O/N=C(\c1ccc(F)cc1F)C1CCNCC1. The van der Waals surface area contributed by atoms with Gasteiger partial charge in [0.15, 0.2) is 0 Å². The van der Waals surface area contributed by atoms with Crippen molar-refractivity contribution < 1.29 is 14.0 Å². The van der Waals surface area contributed by atoms with E-state index in [1.807, 2.05) is 0 Å². The molecule has 18 heavy (non-hydrogen) atoms. The van der Waals surface area contributed by atoms with Gasteiger partial charge < -0.3 is 10.5 Å². The van der Waals surface area contributed by atoms with E-state index in [0.29, 0.717) is 5.71 Å². The van der Waals surface area contributed by atoms with Gasteiger partial charge >= 0.3 is 0 Å². The fourth-order valence-corrected chi connectivity index (χ4v) is 2.15.